The lowest BCUT2D eigenvalue weighted by atomic mass is 9.96. The van der Waals surface area contributed by atoms with Gasteiger partial charge in [-0.3, -0.25) is 9.89 Å². The Labute approximate surface area is 186 Å². The number of likely N-dealkylation sites (tertiary alicyclic amines) is 1. The Morgan fingerprint density at radius 1 is 1.14 bits per heavy atom. The van der Waals surface area contributed by atoms with Crippen molar-refractivity contribution in [3.05, 3.63) is 29.8 Å². The molecule has 2 aliphatic heterocycles. The molecule has 1 atom stereocenters. The van der Waals surface area contributed by atoms with Crippen LogP contribution in [0, 0.1) is 5.92 Å². The van der Waals surface area contributed by atoms with Crippen molar-refractivity contribution in [3.8, 4) is 5.75 Å². The number of nitrogens with one attached hydrogen (secondary N) is 2. The molecule has 2 aliphatic rings. The van der Waals surface area contributed by atoms with Gasteiger partial charge in [0.15, 0.2) is 5.96 Å². The van der Waals surface area contributed by atoms with Crippen LogP contribution in [0.4, 0.5) is 0 Å². The molecule has 1 aromatic rings. The summed E-state index contributed by atoms with van der Waals surface area (Å²) in [7, 11) is 3.54. The van der Waals surface area contributed by atoms with Gasteiger partial charge in [0, 0.05) is 33.3 Å². The predicted octanol–water partition coefficient (Wildman–Crippen LogP) is 2.87. The van der Waals surface area contributed by atoms with Gasteiger partial charge in [0.1, 0.15) is 5.75 Å². The van der Waals surface area contributed by atoms with Gasteiger partial charge in [-0.05, 0) is 62.4 Å². The summed E-state index contributed by atoms with van der Waals surface area (Å²) in [6, 6.07) is 8.41. The van der Waals surface area contributed by atoms with Gasteiger partial charge < -0.3 is 20.1 Å². The van der Waals surface area contributed by atoms with Crippen molar-refractivity contribution < 1.29 is 9.47 Å². The number of piperidine rings is 1. The summed E-state index contributed by atoms with van der Waals surface area (Å²) in [4.78, 5) is 6.88. The van der Waals surface area contributed by atoms with E-state index in [1.807, 2.05) is 19.2 Å². The predicted molar refractivity (Wildman–Crippen MR) is 125 cm³/mol. The van der Waals surface area contributed by atoms with E-state index in [9.17, 15) is 0 Å². The van der Waals surface area contributed by atoms with E-state index in [1.54, 1.807) is 7.11 Å². The fourth-order valence-corrected chi connectivity index (χ4v) is 3.82. The smallest absolute Gasteiger partial charge is 0.191 e. The minimum atomic E-state index is 0. The Morgan fingerprint density at radius 3 is 2.46 bits per heavy atom. The summed E-state index contributed by atoms with van der Waals surface area (Å²) < 4.78 is 10.9. The molecule has 0 aliphatic carbocycles. The number of methoxy groups -OCH3 is 1. The largest absolute Gasteiger partial charge is 0.497 e. The molecule has 0 radical (unpaired) electrons. The van der Waals surface area contributed by atoms with Gasteiger partial charge in [-0.1, -0.05) is 12.1 Å². The first kappa shape index (κ1) is 23.2. The maximum Gasteiger partial charge on any atom is 0.191 e. The average molecular weight is 502 g/mol. The van der Waals surface area contributed by atoms with Crippen LogP contribution < -0.4 is 15.4 Å². The highest BCUT2D eigenvalue weighted by atomic mass is 127. The van der Waals surface area contributed by atoms with E-state index in [-0.39, 0.29) is 24.0 Å². The lowest BCUT2D eigenvalue weighted by molar-refractivity contribution is 0.113. The third-order valence-corrected chi connectivity index (χ3v) is 5.58. The Morgan fingerprint density at radius 2 is 1.86 bits per heavy atom. The topological polar surface area (TPSA) is 58.1 Å². The van der Waals surface area contributed by atoms with Crippen LogP contribution in [0.25, 0.3) is 0 Å². The third kappa shape index (κ3) is 7.40. The van der Waals surface area contributed by atoms with Crippen LogP contribution in [0.3, 0.4) is 0 Å². The second kappa shape index (κ2) is 12.5. The monoisotopic (exact) mass is 502 g/mol. The van der Waals surface area contributed by atoms with Crippen molar-refractivity contribution in [2.24, 2.45) is 10.9 Å². The fraction of sp³-hybridized carbons (Fsp3) is 0.667. The number of hydrogen-bond acceptors (Lipinski definition) is 4. The van der Waals surface area contributed by atoms with Gasteiger partial charge in [0.25, 0.3) is 0 Å². The molecule has 1 unspecified atom stereocenters. The molecule has 2 N–H and O–H groups in total. The van der Waals surface area contributed by atoms with Crippen LogP contribution in [0.2, 0.25) is 0 Å². The van der Waals surface area contributed by atoms with Crippen molar-refractivity contribution in [1.82, 2.24) is 15.5 Å². The molecule has 0 bridgehead atoms. The number of nitrogens with zero attached hydrogens (tertiary/aromatic N) is 2. The maximum absolute atomic E-state index is 5.66. The highest BCUT2D eigenvalue weighted by Gasteiger charge is 2.20. The molecule has 0 spiro atoms. The van der Waals surface area contributed by atoms with Gasteiger partial charge in [0.2, 0.25) is 0 Å². The van der Waals surface area contributed by atoms with Gasteiger partial charge in [-0.15, -0.1) is 24.0 Å². The molecule has 3 rings (SSSR count). The normalized spacial score (nSPS) is 21.2. The summed E-state index contributed by atoms with van der Waals surface area (Å²) in [6.45, 7) is 6.06. The van der Waals surface area contributed by atoms with E-state index in [1.165, 1.54) is 24.8 Å². The molecular formula is C21H35IN4O2. The van der Waals surface area contributed by atoms with E-state index in [0.717, 1.165) is 57.5 Å². The minimum Gasteiger partial charge on any atom is -0.497 e. The maximum atomic E-state index is 5.66. The van der Waals surface area contributed by atoms with Crippen LogP contribution in [-0.4, -0.2) is 63.9 Å². The first-order valence-corrected chi connectivity index (χ1v) is 10.2. The van der Waals surface area contributed by atoms with Gasteiger partial charge >= 0.3 is 0 Å². The van der Waals surface area contributed by atoms with Crippen LogP contribution >= 0.6 is 24.0 Å². The fourth-order valence-electron chi connectivity index (χ4n) is 3.82. The molecule has 0 amide bonds. The summed E-state index contributed by atoms with van der Waals surface area (Å²) in [5.41, 5.74) is 1.35. The molecular weight excluding hydrogens is 467 g/mol. The summed E-state index contributed by atoms with van der Waals surface area (Å²) in [5.74, 6) is 2.52. The van der Waals surface area contributed by atoms with Crippen molar-refractivity contribution in [3.63, 3.8) is 0 Å². The molecule has 7 heteroatoms. The number of ether oxygens (including phenoxy) is 2. The van der Waals surface area contributed by atoms with Crippen LogP contribution in [-0.2, 0) is 11.3 Å². The van der Waals surface area contributed by atoms with Gasteiger partial charge in [-0.2, -0.15) is 0 Å². The quantitative estimate of drug-likeness (QED) is 0.341. The van der Waals surface area contributed by atoms with Crippen molar-refractivity contribution in [2.75, 3.05) is 46.9 Å². The summed E-state index contributed by atoms with van der Waals surface area (Å²) in [6.07, 6.45) is 5.12. The molecule has 6 nitrogen and oxygen atoms in total. The molecule has 1 aromatic carbocycles. The number of aliphatic imine (C=N–C) groups is 1. The van der Waals surface area contributed by atoms with Gasteiger partial charge in [0.05, 0.1) is 13.2 Å². The lowest BCUT2D eigenvalue weighted by Crippen LogP contribution is -2.44. The summed E-state index contributed by atoms with van der Waals surface area (Å²) in [5, 5.41) is 6.89. The first-order valence-electron chi connectivity index (χ1n) is 10.2. The zero-order valence-electron chi connectivity index (χ0n) is 17.2. The first-order chi connectivity index (χ1) is 13.3. The lowest BCUT2D eigenvalue weighted by Gasteiger charge is -2.32. The van der Waals surface area contributed by atoms with E-state index in [4.69, 9.17) is 9.47 Å². The summed E-state index contributed by atoms with van der Waals surface area (Å²) >= 11 is 0. The van der Waals surface area contributed by atoms with Crippen LogP contribution in [0.1, 0.15) is 31.2 Å². The molecule has 2 heterocycles. The number of guanidine groups is 1. The zero-order chi connectivity index (χ0) is 18.9. The zero-order valence-corrected chi connectivity index (χ0v) is 19.5. The number of rotatable bonds is 7. The molecule has 158 valence electrons. The van der Waals surface area contributed by atoms with Crippen LogP contribution in [0.5, 0.6) is 5.75 Å². The number of benzene rings is 1. The van der Waals surface area contributed by atoms with E-state index < -0.39 is 0 Å². The van der Waals surface area contributed by atoms with Crippen molar-refractivity contribution >= 4 is 29.9 Å². The van der Waals surface area contributed by atoms with Gasteiger partial charge in [-0.25, -0.2) is 0 Å². The molecule has 2 fully saturated rings. The second-order valence-electron chi connectivity index (χ2n) is 7.54. The molecule has 28 heavy (non-hydrogen) atoms. The van der Waals surface area contributed by atoms with E-state index >= 15 is 0 Å². The molecule has 0 aromatic heterocycles. The number of halogens is 1. The van der Waals surface area contributed by atoms with Crippen molar-refractivity contribution in [1.29, 1.82) is 0 Å². The second-order valence-corrected chi connectivity index (χ2v) is 7.54. The van der Waals surface area contributed by atoms with E-state index in [2.05, 4.69) is 32.7 Å². The Kier molecular flexibility index (Phi) is 10.4. The molecule has 0 saturated carbocycles. The Balaban J connectivity index is 0.00000280. The minimum absolute atomic E-state index is 0. The van der Waals surface area contributed by atoms with Crippen LogP contribution in [0.15, 0.2) is 29.3 Å². The highest BCUT2D eigenvalue weighted by Crippen LogP contribution is 2.19. The number of hydrogen-bond donors (Lipinski definition) is 2. The Bertz CT molecular complexity index is 583. The SMILES string of the molecule is CN=C(NCC1CCN(Cc2ccc(OC)cc2)CC1)NCC1CCCO1.I. The Hall–Kier alpha value is -1.06. The standard InChI is InChI=1S/C21H34N4O2.HI/c1-22-21(24-15-20-4-3-13-27-20)23-14-17-9-11-25(12-10-17)16-18-5-7-19(26-2)8-6-18;/h5-8,17,20H,3-4,9-16H2,1-2H3,(H2,22,23,24);1H. The molecule has 2 saturated heterocycles. The highest BCUT2D eigenvalue weighted by molar-refractivity contribution is 14.0. The van der Waals surface area contributed by atoms with E-state index in [0.29, 0.717) is 12.0 Å². The van der Waals surface area contributed by atoms with Crippen molar-refractivity contribution in [2.45, 2.75) is 38.3 Å². The third-order valence-electron chi connectivity index (χ3n) is 5.58. The average Bonchev–Trinajstić information content (AvgIpc) is 3.23.